The van der Waals surface area contributed by atoms with Crippen LogP contribution in [-0.2, 0) is 4.79 Å². The molecule has 2 aromatic heterocycles. The van der Waals surface area contributed by atoms with Gasteiger partial charge >= 0.3 is 0 Å². The van der Waals surface area contributed by atoms with Crippen molar-refractivity contribution in [3.05, 3.63) is 35.8 Å². The van der Waals surface area contributed by atoms with Gasteiger partial charge in [-0.1, -0.05) is 6.07 Å². The second-order valence-electron chi connectivity index (χ2n) is 6.12. The number of carbonyl (C=O) groups is 2. The smallest absolute Gasteiger partial charge is 0.271 e. The number of hydrogen-bond acceptors (Lipinski definition) is 4. The summed E-state index contributed by atoms with van der Waals surface area (Å²) >= 11 is 0. The van der Waals surface area contributed by atoms with Gasteiger partial charge in [-0.05, 0) is 25.6 Å². The maximum absolute atomic E-state index is 12.5. The van der Waals surface area contributed by atoms with Crippen molar-refractivity contribution in [2.24, 2.45) is 5.92 Å². The van der Waals surface area contributed by atoms with E-state index in [9.17, 15) is 9.59 Å². The first-order valence-corrected chi connectivity index (χ1v) is 7.64. The Morgan fingerprint density at radius 3 is 2.78 bits per heavy atom. The van der Waals surface area contributed by atoms with Crippen molar-refractivity contribution in [1.29, 1.82) is 0 Å². The van der Waals surface area contributed by atoms with E-state index in [0.717, 1.165) is 11.2 Å². The van der Waals surface area contributed by atoms with Gasteiger partial charge in [0.1, 0.15) is 11.3 Å². The number of nitrogens with one attached hydrogen (secondary N) is 2. The number of pyridine rings is 1. The maximum Gasteiger partial charge on any atom is 0.271 e. The van der Waals surface area contributed by atoms with Crippen LogP contribution in [-0.4, -0.2) is 59.3 Å². The van der Waals surface area contributed by atoms with Crippen LogP contribution in [0.1, 0.15) is 16.1 Å². The number of imidazole rings is 1. The lowest BCUT2D eigenvalue weighted by atomic mass is 10.0. The Labute approximate surface area is 134 Å². The monoisotopic (exact) mass is 315 g/mol. The summed E-state index contributed by atoms with van der Waals surface area (Å²) in [5.74, 6) is -0.543. The van der Waals surface area contributed by atoms with Crippen LogP contribution in [0.15, 0.2) is 24.5 Å². The summed E-state index contributed by atoms with van der Waals surface area (Å²) in [7, 11) is 3.56. The first-order valence-electron chi connectivity index (χ1n) is 7.64. The predicted octanol–water partition coefficient (Wildman–Crippen LogP) is 0.0487. The number of carbonyl (C=O) groups excluding carboxylic acids is 2. The highest BCUT2D eigenvalue weighted by molar-refractivity contribution is 5.93. The fourth-order valence-corrected chi connectivity index (χ4v) is 3.05. The van der Waals surface area contributed by atoms with Gasteiger partial charge in [-0.2, -0.15) is 0 Å². The molecule has 0 radical (unpaired) electrons. The zero-order valence-corrected chi connectivity index (χ0v) is 13.5. The number of likely N-dealkylation sites (tertiary alicyclic amines) is 1. The molecule has 0 aliphatic carbocycles. The Kier molecular flexibility index (Phi) is 4.04. The second-order valence-corrected chi connectivity index (χ2v) is 6.12. The van der Waals surface area contributed by atoms with E-state index < -0.39 is 0 Å². The average Bonchev–Trinajstić information content (AvgIpc) is 3.09. The second kappa shape index (κ2) is 6.00. The third-order valence-corrected chi connectivity index (χ3v) is 4.23. The molecule has 7 heteroatoms. The van der Waals surface area contributed by atoms with Crippen LogP contribution in [0.25, 0.3) is 5.65 Å². The van der Waals surface area contributed by atoms with Crippen LogP contribution >= 0.6 is 0 Å². The normalized spacial score (nSPS) is 21.5. The van der Waals surface area contributed by atoms with Crippen molar-refractivity contribution < 1.29 is 9.59 Å². The Morgan fingerprint density at radius 1 is 1.26 bits per heavy atom. The standard InChI is InChI=1S/C16H21N5O2/c1-10-4-5-14-18-13(9-21(14)6-10)16(23)19-12-8-20(3)7-11(12)15(22)17-2/h4-6,9,11-12H,7-8H2,1-3H3,(H,17,22)(H,19,23)/t11-,12+/m1/s1. The van der Waals surface area contributed by atoms with Crippen molar-refractivity contribution in [3.63, 3.8) is 0 Å². The average molecular weight is 315 g/mol. The first kappa shape index (κ1) is 15.5. The summed E-state index contributed by atoms with van der Waals surface area (Å²) in [6.07, 6.45) is 3.64. The van der Waals surface area contributed by atoms with Crippen LogP contribution in [0, 0.1) is 12.8 Å². The molecule has 0 unspecified atom stereocenters. The fourth-order valence-electron chi connectivity index (χ4n) is 3.05. The molecule has 2 N–H and O–H groups in total. The first-order chi connectivity index (χ1) is 11.0. The highest BCUT2D eigenvalue weighted by Crippen LogP contribution is 2.16. The number of likely N-dealkylation sites (N-methyl/N-ethyl adjacent to an activating group) is 1. The van der Waals surface area contributed by atoms with Gasteiger partial charge in [0, 0.05) is 32.5 Å². The van der Waals surface area contributed by atoms with Gasteiger partial charge in [-0.15, -0.1) is 0 Å². The lowest BCUT2D eigenvalue weighted by Gasteiger charge is -2.17. The van der Waals surface area contributed by atoms with Crippen LogP contribution < -0.4 is 10.6 Å². The molecule has 0 bridgehead atoms. The van der Waals surface area contributed by atoms with Gasteiger partial charge in [-0.3, -0.25) is 9.59 Å². The summed E-state index contributed by atoms with van der Waals surface area (Å²) in [6.45, 7) is 3.27. The summed E-state index contributed by atoms with van der Waals surface area (Å²) in [4.78, 5) is 30.8. The number of aryl methyl sites for hydroxylation is 1. The molecule has 3 heterocycles. The lowest BCUT2D eigenvalue weighted by Crippen LogP contribution is -2.45. The van der Waals surface area contributed by atoms with Gasteiger partial charge < -0.3 is 19.9 Å². The minimum atomic E-state index is -0.249. The van der Waals surface area contributed by atoms with E-state index in [1.165, 1.54) is 0 Å². The van der Waals surface area contributed by atoms with Gasteiger partial charge in [0.2, 0.25) is 5.91 Å². The summed E-state index contributed by atoms with van der Waals surface area (Å²) in [5.41, 5.74) is 2.19. The van der Waals surface area contributed by atoms with Gasteiger partial charge in [0.25, 0.3) is 5.91 Å². The van der Waals surface area contributed by atoms with Gasteiger partial charge in [0.05, 0.1) is 12.0 Å². The topological polar surface area (TPSA) is 78.7 Å². The van der Waals surface area contributed by atoms with E-state index in [-0.39, 0.29) is 23.8 Å². The van der Waals surface area contributed by atoms with Crippen molar-refractivity contribution in [1.82, 2.24) is 24.9 Å². The third-order valence-electron chi connectivity index (χ3n) is 4.23. The van der Waals surface area contributed by atoms with Crippen molar-refractivity contribution in [2.75, 3.05) is 27.2 Å². The lowest BCUT2D eigenvalue weighted by molar-refractivity contribution is -0.124. The fraction of sp³-hybridized carbons (Fsp3) is 0.438. The van der Waals surface area contributed by atoms with E-state index in [0.29, 0.717) is 18.8 Å². The largest absolute Gasteiger partial charge is 0.359 e. The van der Waals surface area contributed by atoms with Crippen molar-refractivity contribution >= 4 is 17.5 Å². The van der Waals surface area contributed by atoms with E-state index >= 15 is 0 Å². The summed E-state index contributed by atoms with van der Waals surface area (Å²) in [6, 6.07) is 3.62. The zero-order chi connectivity index (χ0) is 16.6. The van der Waals surface area contributed by atoms with E-state index in [4.69, 9.17) is 0 Å². The Bertz CT molecular complexity index is 754. The molecule has 122 valence electrons. The third kappa shape index (κ3) is 3.05. The molecule has 7 nitrogen and oxygen atoms in total. The molecule has 1 aliphatic heterocycles. The number of hydrogen-bond donors (Lipinski definition) is 2. The quantitative estimate of drug-likeness (QED) is 0.839. The molecule has 0 saturated carbocycles. The molecular weight excluding hydrogens is 294 g/mol. The number of fused-ring (bicyclic) bond motifs is 1. The van der Waals surface area contributed by atoms with Crippen LogP contribution in [0.5, 0.6) is 0 Å². The molecule has 1 saturated heterocycles. The molecule has 0 spiro atoms. The summed E-state index contributed by atoms with van der Waals surface area (Å²) < 4.78 is 1.83. The van der Waals surface area contributed by atoms with Crippen molar-refractivity contribution in [2.45, 2.75) is 13.0 Å². The number of amides is 2. The molecular formula is C16H21N5O2. The Balaban J connectivity index is 1.78. The van der Waals surface area contributed by atoms with Gasteiger partial charge in [-0.25, -0.2) is 4.98 Å². The predicted molar refractivity (Wildman–Crippen MR) is 86.2 cm³/mol. The molecule has 3 rings (SSSR count). The zero-order valence-electron chi connectivity index (χ0n) is 13.5. The van der Waals surface area contributed by atoms with E-state index in [2.05, 4.69) is 15.6 Å². The molecule has 1 fully saturated rings. The Morgan fingerprint density at radius 2 is 2.04 bits per heavy atom. The summed E-state index contributed by atoms with van der Waals surface area (Å²) in [5, 5.41) is 5.61. The van der Waals surface area contributed by atoms with E-state index in [1.54, 1.807) is 13.2 Å². The van der Waals surface area contributed by atoms with Crippen LogP contribution in [0.4, 0.5) is 0 Å². The maximum atomic E-state index is 12.5. The van der Waals surface area contributed by atoms with E-state index in [1.807, 2.05) is 41.6 Å². The Hall–Kier alpha value is -2.41. The van der Waals surface area contributed by atoms with Crippen LogP contribution in [0.2, 0.25) is 0 Å². The molecule has 1 aliphatic rings. The SMILES string of the molecule is CNC(=O)[C@@H]1CN(C)C[C@@H]1NC(=O)c1cn2cc(C)ccc2n1. The minimum Gasteiger partial charge on any atom is -0.359 e. The highest BCUT2D eigenvalue weighted by atomic mass is 16.2. The highest BCUT2D eigenvalue weighted by Gasteiger charge is 2.36. The number of aromatic nitrogens is 2. The molecule has 2 aromatic rings. The van der Waals surface area contributed by atoms with Crippen molar-refractivity contribution in [3.8, 4) is 0 Å². The molecule has 2 amide bonds. The number of rotatable bonds is 3. The van der Waals surface area contributed by atoms with Gasteiger partial charge in [0.15, 0.2) is 0 Å². The molecule has 0 aromatic carbocycles. The minimum absolute atomic E-state index is 0.0507. The van der Waals surface area contributed by atoms with Crippen LogP contribution in [0.3, 0.4) is 0 Å². The molecule has 23 heavy (non-hydrogen) atoms. The number of nitrogens with zero attached hydrogens (tertiary/aromatic N) is 3. The molecule has 2 atom stereocenters.